The van der Waals surface area contributed by atoms with E-state index in [9.17, 15) is 44.1 Å². The van der Waals surface area contributed by atoms with Crippen molar-refractivity contribution in [3.63, 3.8) is 0 Å². The maximum atomic E-state index is 15.6. The van der Waals surface area contributed by atoms with E-state index >= 15 is 24.0 Å². The van der Waals surface area contributed by atoms with Crippen LogP contribution in [0.5, 0.6) is 0 Å². The number of guanidine groups is 1. The number of benzene rings is 6. The van der Waals surface area contributed by atoms with Gasteiger partial charge in [0.25, 0.3) is 0 Å². The van der Waals surface area contributed by atoms with Crippen LogP contribution in [0, 0.1) is 11.3 Å². The van der Waals surface area contributed by atoms with Crippen LogP contribution in [0.15, 0.2) is 146 Å². The van der Waals surface area contributed by atoms with Gasteiger partial charge in [-0.3, -0.25) is 67.9 Å². The molecule has 10 atom stereocenters. The van der Waals surface area contributed by atoms with Crippen LogP contribution >= 0.6 is 11.6 Å². The van der Waals surface area contributed by atoms with Gasteiger partial charge < -0.3 is 89.6 Å². The minimum atomic E-state index is -1.83. The van der Waals surface area contributed by atoms with Crippen molar-refractivity contribution in [3.8, 4) is 0 Å². The van der Waals surface area contributed by atoms with E-state index in [-0.39, 0.29) is 109 Å². The molecule has 2 aliphatic heterocycles. The van der Waals surface area contributed by atoms with Crippen molar-refractivity contribution in [2.45, 2.75) is 165 Å². The highest BCUT2D eigenvalue weighted by Gasteiger charge is 2.41. The second-order valence-electron chi connectivity index (χ2n) is 29.8. The Bertz CT molecular complexity index is 4280. The number of ether oxygens (including phenoxy) is 1. The van der Waals surface area contributed by atoms with Crippen molar-refractivity contribution in [3.05, 3.63) is 190 Å². The predicted molar refractivity (Wildman–Crippen MR) is 437 cm³/mol. The highest BCUT2D eigenvalue weighted by Crippen LogP contribution is 2.24. The van der Waals surface area contributed by atoms with Gasteiger partial charge in [-0.15, -0.1) is 0 Å². The normalized spacial score (nSPS) is 15.9. The number of primary amides is 1. The van der Waals surface area contributed by atoms with Crippen LogP contribution in [0.25, 0.3) is 10.8 Å². The molecular weight excluding hydrogens is 1510 g/mol. The summed E-state index contributed by atoms with van der Waals surface area (Å²) in [7, 11) is 0. The zero-order valence-corrected chi connectivity index (χ0v) is 66.8. The maximum Gasteiger partial charge on any atom is 0.245 e. The summed E-state index contributed by atoms with van der Waals surface area (Å²) in [5.41, 5.74) is 15.6. The molecule has 0 aliphatic carbocycles. The highest BCUT2D eigenvalue weighted by atomic mass is 35.5. The number of hydrogen-bond acceptors (Lipinski definition) is 18. The number of nitrogens with two attached hydrogens (primary N) is 2. The lowest BCUT2D eigenvalue weighted by Crippen LogP contribution is -2.62. The summed E-state index contributed by atoms with van der Waals surface area (Å²) in [6.07, 6.45) is 0.0855. The van der Waals surface area contributed by atoms with E-state index in [4.69, 9.17) is 33.2 Å². The zero-order chi connectivity index (χ0) is 83.8. The molecule has 18 N–H and O–H groups in total. The second kappa shape index (κ2) is 46.0. The van der Waals surface area contributed by atoms with E-state index in [0.29, 0.717) is 73.1 Å². The van der Waals surface area contributed by atoms with Crippen LogP contribution in [-0.4, -0.2) is 234 Å². The molecule has 2 heterocycles. The molecule has 31 nitrogen and oxygen atoms in total. The van der Waals surface area contributed by atoms with Crippen molar-refractivity contribution in [2.75, 3.05) is 72.3 Å². The van der Waals surface area contributed by atoms with Crippen LogP contribution in [-0.2, 0) is 103 Å². The molecular formula is C84H111ClN16O15. The summed E-state index contributed by atoms with van der Waals surface area (Å²) in [4.78, 5) is 164. The Hall–Kier alpha value is -10.9. The molecule has 11 amide bonds. The Balaban J connectivity index is 1.10. The number of nitrogens with one attached hydrogen (secondary N) is 11. The molecule has 32 heteroatoms. The van der Waals surface area contributed by atoms with Crippen LogP contribution in [0.3, 0.4) is 0 Å². The minimum absolute atomic E-state index is 0.00566. The average molecular weight is 1620 g/mol. The van der Waals surface area contributed by atoms with E-state index in [1.54, 1.807) is 91.0 Å². The van der Waals surface area contributed by atoms with Crippen molar-refractivity contribution in [1.29, 1.82) is 5.41 Å². The summed E-state index contributed by atoms with van der Waals surface area (Å²) in [6, 6.07) is 28.8. The topological polar surface area (TPSA) is 464 Å². The fourth-order valence-electron chi connectivity index (χ4n) is 14.0. The molecule has 0 saturated carbocycles. The maximum absolute atomic E-state index is 15.6. The van der Waals surface area contributed by atoms with Gasteiger partial charge in [0.05, 0.1) is 33.0 Å². The third kappa shape index (κ3) is 28.8. The fraction of sp³-hybridized carbons (Fsp3) is 0.452. The molecule has 2 aliphatic rings. The van der Waals surface area contributed by atoms with Gasteiger partial charge in [-0.25, -0.2) is 0 Å². The molecule has 2 fully saturated rings. The van der Waals surface area contributed by atoms with Crippen molar-refractivity contribution in [2.24, 2.45) is 17.4 Å². The Morgan fingerprint density at radius 2 is 0.983 bits per heavy atom. The molecule has 2 saturated heterocycles. The summed E-state index contributed by atoms with van der Waals surface area (Å²) in [5, 5.41) is 68.1. The van der Waals surface area contributed by atoms with Gasteiger partial charge in [0.2, 0.25) is 65.0 Å². The van der Waals surface area contributed by atoms with Gasteiger partial charge in [0, 0.05) is 96.4 Å². The van der Waals surface area contributed by atoms with Crippen LogP contribution in [0.1, 0.15) is 98.7 Å². The number of hydrogen-bond donors (Lipinski definition) is 16. The molecule has 624 valence electrons. The van der Waals surface area contributed by atoms with Crippen molar-refractivity contribution in [1.82, 2.24) is 67.9 Å². The number of aliphatic hydroxyl groups excluding tert-OH is 3. The van der Waals surface area contributed by atoms with Gasteiger partial charge in [0.15, 0.2) is 5.96 Å². The number of carbonyl (C=O) groups is 11. The average Bonchev–Trinajstić information content (AvgIpc) is 1.78. The number of halogens is 1. The Labute approximate surface area is 680 Å². The first-order chi connectivity index (χ1) is 55.7. The molecule has 6 aromatic rings. The molecule has 116 heavy (non-hydrogen) atoms. The fourth-order valence-corrected chi connectivity index (χ4v) is 14.1. The lowest BCUT2D eigenvalue weighted by Gasteiger charge is -2.31. The van der Waals surface area contributed by atoms with E-state index in [2.05, 4.69) is 58.1 Å². The highest BCUT2D eigenvalue weighted by molar-refractivity contribution is 6.30. The molecule has 0 spiro atoms. The first kappa shape index (κ1) is 90.6. The molecule has 0 unspecified atom stereocenters. The Morgan fingerprint density at radius 3 is 1.50 bits per heavy atom. The van der Waals surface area contributed by atoms with Gasteiger partial charge in [-0.05, 0) is 107 Å². The van der Waals surface area contributed by atoms with E-state index in [1.807, 2.05) is 73.3 Å². The first-order valence-corrected chi connectivity index (χ1v) is 39.7. The summed E-state index contributed by atoms with van der Waals surface area (Å²) < 4.78 is 5.57. The number of carbonyl (C=O) groups excluding carboxylic acids is 11. The number of fused-ring (bicyclic) bond motifs is 1. The number of nitrogens with zero attached hydrogens (tertiary/aromatic N) is 3. The lowest BCUT2D eigenvalue weighted by molar-refractivity contribution is -0.142. The van der Waals surface area contributed by atoms with E-state index < -0.39 is 132 Å². The molecule has 8 rings (SSSR count). The van der Waals surface area contributed by atoms with Crippen molar-refractivity contribution < 1.29 is 72.8 Å². The van der Waals surface area contributed by atoms with Gasteiger partial charge in [-0.1, -0.05) is 159 Å². The first-order valence-electron chi connectivity index (χ1n) is 39.3. The largest absolute Gasteiger partial charge is 0.395 e. The van der Waals surface area contributed by atoms with Crippen LogP contribution in [0.2, 0.25) is 5.02 Å². The molecule has 0 aromatic heterocycles. The summed E-state index contributed by atoms with van der Waals surface area (Å²) in [5.74, 6) is -9.36. The molecule has 6 aromatic carbocycles. The lowest BCUT2D eigenvalue weighted by atomic mass is 9.97. The Morgan fingerprint density at radius 1 is 0.526 bits per heavy atom. The van der Waals surface area contributed by atoms with Gasteiger partial charge >= 0.3 is 0 Å². The SMILES string of the molecule is CC(=O)N[C@H](Cc1cccc2ccccc12)C(=O)N[C@H](Cc1ccc(Cl)cc1)C(=O)N[C@H](Cc1ccccc1)C(=O)N[C@@H](CO)C(=O)N[C@@H](Cc1ccc(CN(CCO)CCO)cc1)C(=O)N[C@H](Cc1ccc(CN2CCOCC2)cc1)C(=O)N[C@@H](CC(C)C)C(=O)N[C@@H](CCCNC(=N)N)C(=O)N1CCC[C@H]1C(=O)N[C@H](C)C(N)=O. The van der Waals surface area contributed by atoms with E-state index in [1.165, 1.54) is 18.7 Å². The van der Waals surface area contributed by atoms with Crippen LogP contribution < -0.4 is 64.6 Å². The Kier molecular flexibility index (Phi) is 35.9. The predicted octanol–water partition coefficient (Wildman–Crippen LogP) is 0.806. The van der Waals surface area contributed by atoms with Gasteiger partial charge in [-0.2, -0.15) is 0 Å². The summed E-state index contributed by atoms with van der Waals surface area (Å²) >= 11 is 6.29. The molecule has 0 radical (unpaired) electrons. The van der Waals surface area contributed by atoms with Crippen molar-refractivity contribution >= 4 is 93.3 Å². The second-order valence-corrected chi connectivity index (χ2v) is 30.3. The number of rotatable bonds is 44. The summed E-state index contributed by atoms with van der Waals surface area (Å²) in [6.45, 7) is 9.15. The minimum Gasteiger partial charge on any atom is -0.395 e. The number of aliphatic hydroxyl groups is 3. The number of morpholine rings is 1. The molecule has 0 bridgehead atoms. The van der Waals surface area contributed by atoms with Gasteiger partial charge in [0.1, 0.15) is 60.4 Å². The monoisotopic (exact) mass is 1620 g/mol. The third-order valence-electron chi connectivity index (χ3n) is 20.2. The van der Waals surface area contributed by atoms with Crippen LogP contribution in [0.4, 0.5) is 0 Å². The zero-order valence-electron chi connectivity index (χ0n) is 66.1. The third-order valence-corrected chi connectivity index (χ3v) is 20.5. The standard InChI is InChI=1S/C84H111ClN16O15/c1-52(2)43-66(75(107)92-65(19-11-33-89-84(87)88)83(115)101-34-12-20-73(101)82(114)90-53(3)74(86)106)93-76(108)68(45-56-23-27-60(28-24-56)50-100-37-41-116-42-38-100)95-78(110)70(46-57-21-25-59(26-22-57)49-99(35-39-102)36-40-103)97-81(113)72(51-104)98-79(111)67(44-55-13-6-5-7-14-55)94-77(109)69(47-58-29-31-63(85)32-30-58)96-80(112)71(91-54(4)105)48-62-17-10-16-61-15-8-9-18-64(61)62/h5-10,13-18,21-32,52-53,65-73,102-104H,11-12,19-20,33-51H2,1-4H3,(H2,86,106)(H,90,114)(H,91,105)(H,92,107)(H,93,108)(H,94,109)(H,95,110)(H,96,112)(H,97,113)(H,98,111)(H4,87,88,89)/t53-,65+,66+,67-,68-,69-,70+,71-,72+,73+/m1/s1. The van der Waals surface area contributed by atoms with E-state index in [0.717, 1.165) is 27.5 Å². The number of amides is 11. The number of likely N-dealkylation sites (tertiary alicyclic amines) is 1. The smallest absolute Gasteiger partial charge is 0.245 e. The quantitative estimate of drug-likeness (QED) is 0.0143.